The second-order valence-electron chi connectivity index (χ2n) is 5.72. The Hall–Kier alpha value is -2.82. The smallest absolute Gasteiger partial charge is 0.246 e. The number of likely N-dealkylation sites (tertiary alicyclic amines) is 1. The second kappa shape index (κ2) is 5.76. The topological polar surface area (TPSA) is 51.3 Å². The Labute approximate surface area is 133 Å². The Balaban J connectivity index is 1.47. The minimum Gasteiger partial charge on any atom is -0.465 e. The van der Waals surface area contributed by atoms with Gasteiger partial charge in [0.1, 0.15) is 5.76 Å². The fourth-order valence-corrected chi connectivity index (χ4v) is 3.08. The lowest BCUT2D eigenvalue weighted by Gasteiger charge is -2.15. The van der Waals surface area contributed by atoms with Gasteiger partial charge in [-0.3, -0.25) is 4.79 Å². The summed E-state index contributed by atoms with van der Waals surface area (Å²) in [7, 11) is 0. The Bertz CT molecular complexity index is 848. The van der Waals surface area contributed by atoms with Gasteiger partial charge in [0, 0.05) is 19.2 Å². The number of benzene rings is 1. The zero-order valence-electron chi connectivity index (χ0n) is 12.6. The van der Waals surface area contributed by atoms with E-state index in [4.69, 9.17) is 4.42 Å². The number of nitrogens with zero attached hydrogens (tertiary/aromatic N) is 3. The van der Waals surface area contributed by atoms with Gasteiger partial charge < -0.3 is 13.9 Å². The molecular weight excluding hydrogens is 290 g/mol. The molecule has 116 valence electrons. The van der Waals surface area contributed by atoms with E-state index in [-0.39, 0.29) is 11.9 Å². The number of hydrogen-bond acceptors (Lipinski definition) is 3. The van der Waals surface area contributed by atoms with Crippen molar-refractivity contribution in [2.45, 2.75) is 12.5 Å². The van der Waals surface area contributed by atoms with Gasteiger partial charge in [-0.05, 0) is 36.8 Å². The van der Waals surface area contributed by atoms with Gasteiger partial charge in [-0.1, -0.05) is 12.1 Å². The van der Waals surface area contributed by atoms with Crippen molar-refractivity contribution in [3.8, 4) is 0 Å². The van der Waals surface area contributed by atoms with E-state index in [1.807, 2.05) is 35.5 Å². The summed E-state index contributed by atoms with van der Waals surface area (Å²) in [5, 5.41) is 0. The van der Waals surface area contributed by atoms with Gasteiger partial charge in [-0.25, -0.2) is 4.98 Å². The van der Waals surface area contributed by atoms with Crippen molar-refractivity contribution in [1.29, 1.82) is 0 Å². The molecule has 5 heteroatoms. The van der Waals surface area contributed by atoms with Crippen molar-refractivity contribution in [3.05, 3.63) is 60.8 Å². The molecular formula is C18H17N3O2. The van der Waals surface area contributed by atoms with Gasteiger partial charge in [0.2, 0.25) is 5.91 Å². The molecule has 0 bridgehead atoms. The number of rotatable bonds is 3. The highest BCUT2D eigenvalue weighted by Gasteiger charge is 2.27. The predicted molar refractivity (Wildman–Crippen MR) is 87.7 cm³/mol. The first kappa shape index (κ1) is 13.8. The van der Waals surface area contributed by atoms with E-state index in [0.717, 1.165) is 24.0 Å². The quantitative estimate of drug-likeness (QED) is 0.699. The average Bonchev–Trinajstić information content (AvgIpc) is 3.31. The van der Waals surface area contributed by atoms with E-state index < -0.39 is 0 Å². The Kier molecular flexibility index (Phi) is 3.46. The molecule has 1 saturated heterocycles. The largest absolute Gasteiger partial charge is 0.465 e. The van der Waals surface area contributed by atoms with Crippen LogP contribution in [-0.2, 0) is 4.79 Å². The average molecular weight is 307 g/mol. The maximum atomic E-state index is 12.3. The number of aromatic nitrogens is 2. The van der Waals surface area contributed by atoms with E-state index in [1.54, 1.807) is 24.5 Å². The zero-order valence-corrected chi connectivity index (χ0v) is 12.6. The SMILES string of the molecule is O=C(/C=C/c1ccco1)N1CC[C@H](n2cnc3ccccc32)C1. The lowest BCUT2D eigenvalue weighted by atomic mass is 10.2. The summed E-state index contributed by atoms with van der Waals surface area (Å²) in [4.78, 5) is 18.6. The molecule has 3 aromatic rings. The van der Waals surface area contributed by atoms with Crippen molar-refractivity contribution < 1.29 is 9.21 Å². The lowest BCUT2D eigenvalue weighted by molar-refractivity contribution is -0.125. The monoisotopic (exact) mass is 307 g/mol. The van der Waals surface area contributed by atoms with Gasteiger partial charge in [-0.15, -0.1) is 0 Å². The Morgan fingerprint density at radius 2 is 2.17 bits per heavy atom. The summed E-state index contributed by atoms with van der Waals surface area (Å²) in [6, 6.07) is 12.0. The molecule has 23 heavy (non-hydrogen) atoms. The van der Waals surface area contributed by atoms with Gasteiger partial charge in [0.05, 0.1) is 29.7 Å². The van der Waals surface area contributed by atoms with E-state index in [1.165, 1.54) is 0 Å². The molecule has 1 fully saturated rings. The lowest BCUT2D eigenvalue weighted by Crippen LogP contribution is -2.27. The molecule has 2 aromatic heterocycles. The molecule has 0 unspecified atom stereocenters. The number of carbonyl (C=O) groups is 1. The van der Waals surface area contributed by atoms with E-state index >= 15 is 0 Å². The molecule has 0 saturated carbocycles. The number of para-hydroxylation sites is 2. The first-order valence-corrected chi connectivity index (χ1v) is 7.73. The number of hydrogen-bond donors (Lipinski definition) is 0. The highest BCUT2D eigenvalue weighted by Crippen LogP contribution is 2.26. The molecule has 1 aromatic carbocycles. The minimum absolute atomic E-state index is 0.0216. The van der Waals surface area contributed by atoms with E-state index in [2.05, 4.69) is 15.6 Å². The van der Waals surface area contributed by atoms with Crippen LogP contribution in [0, 0.1) is 0 Å². The number of imidazole rings is 1. The summed E-state index contributed by atoms with van der Waals surface area (Å²) in [6.45, 7) is 1.47. The number of furan rings is 1. The van der Waals surface area contributed by atoms with Crippen LogP contribution in [0.2, 0.25) is 0 Å². The van der Waals surface area contributed by atoms with Crippen LogP contribution < -0.4 is 0 Å². The number of fused-ring (bicyclic) bond motifs is 1. The minimum atomic E-state index is 0.0216. The molecule has 0 N–H and O–H groups in total. The van der Waals surface area contributed by atoms with Crippen LogP contribution in [0.1, 0.15) is 18.2 Å². The number of carbonyl (C=O) groups excluding carboxylic acids is 1. The Morgan fingerprint density at radius 1 is 1.26 bits per heavy atom. The summed E-state index contributed by atoms with van der Waals surface area (Å²) >= 11 is 0. The van der Waals surface area contributed by atoms with Crippen LogP contribution in [0.4, 0.5) is 0 Å². The normalized spacial score (nSPS) is 18.3. The maximum absolute atomic E-state index is 12.3. The van der Waals surface area contributed by atoms with Crippen molar-refractivity contribution in [2.75, 3.05) is 13.1 Å². The third-order valence-electron chi connectivity index (χ3n) is 4.28. The number of amides is 1. The molecule has 4 rings (SSSR count). The third-order valence-corrected chi connectivity index (χ3v) is 4.28. The molecule has 1 aliphatic rings. The maximum Gasteiger partial charge on any atom is 0.246 e. The molecule has 3 heterocycles. The fraction of sp³-hybridized carbons (Fsp3) is 0.222. The van der Waals surface area contributed by atoms with E-state index in [9.17, 15) is 4.79 Å². The van der Waals surface area contributed by atoms with Crippen LogP contribution >= 0.6 is 0 Å². The Morgan fingerprint density at radius 3 is 3.04 bits per heavy atom. The van der Waals surface area contributed by atoms with E-state index in [0.29, 0.717) is 12.3 Å². The first-order chi connectivity index (χ1) is 11.3. The van der Waals surface area contributed by atoms with Crippen LogP contribution in [-0.4, -0.2) is 33.4 Å². The molecule has 0 radical (unpaired) electrons. The van der Waals surface area contributed by atoms with Crippen molar-refractivity contribution in [3.63, 3.8) is 0 Å². The van der Waals surface area contributed by atoms with Crippen molar-refractivity contribution in [2.24, 2.45) is 0 Å². The van der Waals surface area contributed by atoms with Gasteiger partial charge in [0.15, 0.2) is 0 Å². The van der Waals surface area contributed by atoms with Crippen molar-refractivity contribution >= 4 is 23.0 Å². The fourth-order valence-electron chi connectivity index (χ4n) is 3.08. The summed E-state index contributed by atoms with van der Waals surface area (Å²) < 4.78 is 7.38. The van der Waals surface area contributed by atoms with Gasteiger partial charge >= 0.3 is 0 Å². The van der Waals surface area contributed by atoms with Crippen LogP contribution in [0.25, 0.3) is 17.1 Å². The standard InChI is InChI=1S/C18H17N3O2/c22-18(8-7-15-4-3-11-23-15)20-10-9-14(12-20)21-13-19-16-5-1-2-6-17(16)21/h1-8,11,13-14H,9-10,12H2/b8-7+/t14-/m0/s1. The molecule has 0 aliphatic carbocycles. The molecule has 0 spiro atoms. The van der Waals surface area contributed by atoms with Crippen LogP contribution in [0.3, 0.4) is 0 Å². The van der Waals surface area contributed by atoms with Crippen molar-refractivity contribution in [1.82, 2.24) is 14.5 Å². The summed E-state index contributed by atoms with van der Waals surface area (Å²) in [5.41, 5.74) is 2.12. The molecule has 5 nitrogen and oxygen atoms in total. The first-order valence-electron chi connectivity index (χ1n) is 7.73. The summed E-state index contributed by atoms with van der Waals surface area (Å²) in [5.74, 6) is 0.711. The zero-order chi connectivity index (χ0) is 15.6. The molecule has 1 aliphatic heterocycles. The van der Waals surface area contributed by atoms with Gasteiger partial charge in [-0.2, -0.15) is 0 Å². The van der Waals surface area contributed by atoms with Crippen LogP contribution in [0.15, 0.2) is 59.5 Å². The summed E-state index contributed by atoms with van der Waals surface area (Å²) in [6.07, 6.45) is 7.71. The second-order valence-corrected chi connectivity index (χ2v) is 5.72. The van der Waals surface area contributed by atoms with Crippen LogP contribution in [0.5, 0.6) is 0 Å². The highest BCUT2D eigenvalue weighted by molar-refractivity contribution is 5.91. The van der Waals surface area contributed by atoms with Gasteiger partial charge in [0.25, 0.3) is 0 Å². The highest BCUT2D eigenvalue weighted by atomic mass is 16.3. The predicted octanol–water partition coefficient (Wildman–Crippen LogP) is 3.12. The third kappa shape index (κ3) is 2.65. The molecule has 1 atom stereocenters. The molecule has 1 amide bonds.